The molecule has 2 rings (SSSR count). The number of rotatable bonds is 5. The highest BCUT2D eigenvalue weighted by Gasteiger charge is 2.45. The number of carbonyl (C=O) groups excluding carboxylic acids is 1. The fourth-order valence-electron chi connectivity index (χ4n) is 2.99. The van der Waals surface area contributed by atoms with E-state index in [1.807, 2.05) is 0 Å². The second-order valence-electron chi connectivity index (χ2n) is 5.29. The minimum atomic E-state index is -1.68. The first kappa shape index (κ1) is 16.6. The van der Waals surface area contributed by atoms with E-state index in [1.165, 1.54) is 14.2 Å². The van der Waals surface area contributed by atoms with Crippen molar-refractivity contribution in [2.24, 2.45) is 0 Å². The van der Waals surface area contributed by atoms with Crippen LogP contribution in [0.25, 0.3) is 0 Å². The molecule has 2 unspecified atom stereocenters. The molecule has 2 N–H and O–H groups in total. The molecule has 22 heavy (non-hydrogen) atoms. The third-order valence-corrected chi connectivity index (χ3v) is 4.05. The lowest BCUT2D eigenvalue weighted by Gasteiger charge is -2.38. The van der Waals surface area contributed by atoms with E-state index in [1.54, 1.807) is 19.1 Å². The number of aliphatic hydroxyl groups is 2. The SMILES string of the molecule is CCOC(=O)CC1(O)c2ccc(OC)c(OC)c2CCC1O. The highest BCUT2D eigenvalue weighted by molar-refractivity contribution is 5.72. The van der Waals surface area contributed by atoms with Crippen molar-refractivity contribution in [2.45, 2.75) is 37.9 Å². The molecular weight excluding hydrogens is 288 g/mol. The van der Waals surface area contributed by atoms with Gasteiger partial charge in [-0.25, -0.2) is 0 Å². The summed E-state index contributed by atoms with van der Waals surface area (Å²) in [6, 6.07) is 3.32. The zero-order chi connectivity index (χ0) is 16.3. The lowest BCUT2D eigenvalue weighted by atomic mass is 9.74. The molecule has 1 aliphatic carbocycles. The molecule has 0 aliphatic heterocycles. The average molecular weight is 310 g/mol. The summed E-state index contributed by atoms with van der Waals surface area (Å²) in [5.41, 5.74) is -0.449. The predicted molar refractivity (Wildman–Crippen MR) is 79.0 cm³/mol. The van der Waals surface area contributed by atoms with Gasteiger partial charge in [-0.2, -0.15) is 0 Å². The number of fused-ring (bicyclic) bond motifs is 1. The van der Waals surface area contributed by atoms with Crippen molar-refractivity contribution in [1.82, 2.24) is 0 Å². The van der Waals surface area contributed by atoms with Gasteiger partial charge in [0, 0.05) is 5.56 Å². The minimum absolute atomic E-state index is 0.226. The highest BCUT2D eigenvalue weighted by Crippen LogP contribution is 2.45. The molecule has 0 heterocycles. The zero-order valence-electron chi connectivity index (χ0n) is 13.1. The van der Waals surface area contributed by atoms with Gasteiger partial charge >= 0.3 is 5.97 Å². The lowest BCUT2D eigenvalue weighted by Crippen LogP contribution is -2.45. The summed E-state index contributed by atoms with van der Waals surface area (Å²) in [7, 11) is 3.06. The van der Waals surface area contributed by atoms with Gasteiger partial charge in [0.1, 0.15) is 5.60 Å². The maximum Gasteiger partial charge on any atom is 0.309 e. The standard InChI is InChI=1S/C16H22O6/c1-4-22-14(18)9-16(19)11-6-7-12(20-2)15(21-3)10(11)5-8-13(16)17/h6-7,13,17,19H,4-5,8-9H2,1-3H3. The number of benzene rings is 1. The number of hydrogen-bond acceptors (Lipinski definition) is 6. The fourth-order valence-corrected chi connectivity index (χ4v) is 2.99. The Morgan fingerprint density at radius 2 is 2.09 bits per heavy atom. The van der Waals surface area contributed by atoms with E-state index in [9.17, 15) is 15.0 Å². The molecule has 0 saturated carbocycles. The van der Waals surface area contributed by atoms with Gasteiger partial charge in [-0.15, -0.1) is 0 Å². The second-order valence-corrected chi connectivity index (χ2v) is 5.29. The molecule has 1 aromatic rings. The Balaban J connectivity index is 2.48. The fraction of sp³-hybridized carbons (Fsp3) is 0.562. The summed E-state index contributed by atoms with van der Waals surface area (Å²) in [6.45, 7) is 1.92. The molecule has 6 nitrogen and oxygen atoms in total. The zero-order valence-corrected chi connectivity index (χ0v) is 13.1. The van der Waals surface area contributed by atoms with Crippen molar-refractivity contribution < 1.29 is 29.2 Å². The van der Waals surface area contributed by atoms with Crippen LogP contribution in [0.3, 0.4) is 0 Å². The van der Waals surface area contributed by atoms with Crippen LogP contribution in [0.15, 0.2) is 12.1 Å². The third kappa shape index (κ3) is 2.76. The normalized spacial score (nSPS) is 23.6. The van der Waals surface area contributed by atoms with E-state index in [4.69, 9.17) is 14.2 Å². The molecule has 0 spiro atoms. The van der Waals surface area contributed by atoms with Gasteiger partial charge in [-0.3, -0.25) is 4.79 Å². The molecule has 0 radical (unpaired) electrons. The van der Waals surface area contributed by atoms with Crippen LogP contribution in [-0.4, -0.2) is 43.1 Å². The molecule has 0 aromatic heterocycles. The van der Waals surface area contributed by atoms with Crippen molar-refractivity contribution in [1.29, 1.82) is 0 Å². The van der Waals surface area contributed by atoms with Crippen LogP contribution in [0.2, 0.25) is 0 Å². The van der Waals surface area contributed by atoms with Gasteiger partial charge in [0.05, 0.1) is 33.4 Å². The first-order chi connectivity index (χ1) is 10.5. The lowest BCUT2D eigenvalue weighted by molar-refractivity contribution is -0.158. The number of aliphatic hydroxyl groups excluding tert-OH is 1. The summed E-state index contributed by atoms with van der Waals surface area (Å²) in [5, 5.41) is 21.2. The van der Waals surface area contributed by atoms with Gasteiger partial charge in [0.25, 0.3) is 0 Å². The largest absolute Gasteiger partial charge is 0.493 e. The Labute approximate surface area is 129 Å². The van der Waals surface area contributed by atoms with Gasteiger partial charge in [-0.1, -0.05) is 6.07 Å². The number of esters is 1. The maximum absolute atomic E-state index is 11.8. The van der Waals surface area contributed by atoms with Crippen LogP contribution >= 0.6 is 0 Å². The first-order valence-corrected chi connectivity index (χ1v) is 7.28. The van der Waals surface area contributed by atoms with Crippen LogP contribution in [0.1, 0.15) is 30.9 Å². The smallest absolute Gasteiger partial charge is 0.309 e. The van der Waals surface area contributed by atoms with E-state index < -0.39 is 17.7 Å². The highest BCUT2D eigenvalue weighted by atomic mass is 16.5. The van der Waals surface area contributed by atoms with E-state index in [-0.39, 0.29) is 13.0 Å². The maximum atomic E-state index is 11.8. The van der Waals surface area contributed by atoms with Gasteiger partial charge in [-0.05, 0) is 31.4 Å². The summed E-state index contributed by atoms with van der Waals surface area (Å²) in [6.07, 6.45) is -0.485. The quantitative estimate of drug-likeness (QED) is 0.794. The van der Waals surface area contributed by atoms with Gasteiger partial charge in [0.2, 0.25) is 0 Å². The second kappa shape index (κ2) is 6.54. The Morgan fingerprint density at radius 3 is 2.68 bits per heavy atom. The number of hydrogen-bond donors (Lipinski definition) is 2. The molecular formula is C16H22O6. The molecule has 0 saturated heterocycles. The molecule has 0 fully saturated rings. The van der Waals surface area contributed by atoms with E-state index >= 15 is 0 Å². The number of carbonyl (C=O) groups is 1. The van der Waals surface area contributed by atoms with Crippen LogP contribution < -0.4 is 9.47 Å². The summed E-state index contributed by atoms with van der Waals surface area (Å²) in [4.78, 5) is 11.8. The number of ether oxygens (including phenoxy) is 3. The predicted octanol–water partition coefficient (Wildman–Crippen LogP) is 1.15. The molecule has 1 aromatic carbocycles. The van der Waals surface area contributed by atoms with Gasteiger partial charge in [0.15, 0.2) is 11.5 Å². The van der Waals surface area contributed by atoms with Gasteiger partial charge < -0.3 is 24.4 Å². The molecule has 122 valence electrons. The summed E-state index contributed by atoms with van der Waals surface area (Å²) in [5.74, 6) is 0.525. The molecule has 0 bridgehead atoms. The van der Waals surface area contributed by atoms with Crippen molar-refractivity contribution in [3.05, 3.63) is 23.3 Å². The Kier molecular flexibility index (Phi) is 4.93. The monoisotopic (exact) mass is 310 g/mol. The molecule has 0 amide bonds. The molecule has 2 atom stereocenters. The van der Waals surface area contributed by atoms with Crippen molar-refractivity contribution in [3.63, 3.8) is 0 Å². The molecule has 6 heteroatoms. The Morgan fingerprint density at radius 1 is 1.36 bits per heavy atom. The van der Waals surface area contributed by atoms with Crippen LogP contribution in [0.4, 0.5) is 0 Å². The third-order valence-electron chi connectivity index (χ3n) is 4.05. The van der Waals surface area contributed by atoms with E-state index in [0.717, 1.165) is 5.56 Å². The van der Waals surface area contributed by atoms with E-state index in [0.29, 0.717) is 29.9 Å². The van der Waals surface area contributed by atoms with Crippen LogP contribution in [-0.2, 0) is 21.6 Å². The average Bonchev–Trinajstić information content (AvgIpc) is 2.50. The van der Waals surface area contributed by atoms with Crippen molar-refractivity contribution >= 4 is 5.97 Å². The Hall–Kier alpha value is -1.79. The summed E-state index contributed by atoms with van der Waals surface area (Å²) < 4.78 is 15.5. The van der Waals surface area contributed by atoms with Crippen molar-refractivity contribution in [2.75, 3.05) is 20.8 Å². The van der Waals surface area contributed by atoms with Crippen LogP contribution in [0.5, 0.6) is 11.5 Å². The Bertz CT molecular complexity index is 556. The van der Waals surface area contributed by atoms with E-state index in [2.05, 4.69) is 0 Å². The molecule has 1 aliphatic rings. The minimum Gasteiger partial charge on any atom is -0.493 e. The summed E-state index contributed by atoms with van der Waals surface area (Å²) >= 11 is 0. The van der Waals surface area contributed by atoms with Crippen LogP contribution in [0, 0.1) is 0 Å². The first-order valence-electron chi connectivity index (χ1n) is 7.28. The number of methoxy groups -OCH3 is 2. The van der Waals surface area contributed by atoms with Crippen molar-refractivity contribution in [3.8, 4) is 11.5 Å². The topological polar surface area (TPSA) is 85.2 Å².